The zero-order chi connectivity index (χ0) is 15.1. The van der Waals surface area contributed by atoms with Crippen LogP contribution in [-0.2, 0) is 20.9 Å². The molecular weight excluding hydrogens is 266 g/mol. The molecule has 0 fully saturated rings. The minimum atomic E-state index is -0.737. The first-order valence-corrected chi connectivity index (χ1v) is 6.76. The topological polar surface area (TPSA) is 61.5 Å². The van der Waals surface area contributed by atoms with Crippen molar-refractivity contribution in [3.63, 3.8) is 0 Å². The van der Waals surface area contributed by atoms with Crippen molar-refractivity contribution in [3.05, 3.63) is 60.2 Å². The minimum absolute atomic E-state index is 0.146. The quantitative estimate of drug-likeness (QED) is 0.828. The van der Waals surface area contributed by atoms with Crippen LogP contribution in [0.25, 0.3) is 11.1 Å². The van der Waals surface area contributed by atoms with E-state index in [9.17, 15) is 4.79 Å². The molecule has 0 radical (unpaired) electrons. The van der Waals surface area contributed by atoms with E-state index >= 15 is 0 Å². The van der Waals surface area contributed by atoms with Crippen LogP contribution in [0.5, 0.6) is 0 Å². The van der Waals surface area contributed by atoms with Crippen molar-refractivity contribution < 1.29 is 14.3 Å². The van der Waals surface area contributed by atoms with Gasteiger partial charge in [-0.25, -0.2) is 0 Å². The molecule has 110 valence electrons. The highest BCUT2D eigenvalue weighted by Crippen LogP contribution is 2.19. The molecule has 21 heavy (non-hydrogen) atoms. The van der Waals surface area contributed by atoms with Crippen LogP contribution in [0.15, 0.2) is 54.6 Å². The predicted molar refractivity (Wildman–Crippen MR) is 81.5 cm³/mol. The zero-order valence-electron chi connectivity index (χ0n) is 12.0. The Bertz CT molecular complexity index is 566. The number of ether oxygens (including phenoxy) is 2. The Kier molecular flexibility index (Phi) is 5.49. The Labute approximate surface area is 124 Å². The predicted octanol–water partition coefficient (Wildman–Crippen LogP) is 2.37. The summed E-state index contributed by atoms with van der Waals surface area (Å²) < 4.78 is 9.96. The molecule has 4 heteroatoms. The molecule has 0 aliphatic heterocycles. The summed E-state index contributed by atoms with van der Waals surface area (Å²) in [5.41, 5.74) is 8.96. The molecular formula is C17H19NO3. The van der Waals surface area contributed by atoms with Crippen molar-refractivity contribution in [2.45, 2.75) is 12.6 Å². The van der Waals surface area contributed by atoms with Gasteiger partial charge in [0.1, 0.15) is 6.04 Å². The highest BCUT2D eigenvalue weighted by Gasteiger charge is 2.13. The van der Waals surface area contributed by atoms with Gasteiger partial charge in [0.2, 0.25) is 0 Å². The van der Waals surface area contributed by atoms with Gasteiger partial charge in [-0.2, -0.15) is 0 Å². The first kappa shape index (κ1) is 15.2. The molecule has 0 amide bonds. The molecule has 0 unspecified atom stereocenters. The normalized spacial score (nSPS) is 11.9. The lowest BCUT2D eigenvalue weighted by Crippen LogP contribution is -2.36. The van der Waals surface area contributed by atoms with Crippen molar-refractivity contribution in [3.8, 4) is 11.1 Å². The maximum absolute atomic E-state index is 11.1. The third-order valence-corrected chi connectivity index (χ3v) is 3.13. The summed E-state index contributed by atoms with van der Waals surface area (Å²) in [5.74, 6) is -0.463. The lowest BCUT2D eigenvalue weighted by atomic mass is 10.0. The van der Waals surface area contributed by atoms with Gasteiger partial charge < -0.3 is 15.2 Å². The number of benzene rings is 2. The molecule has 0 spiro atoms. The first-order valence-electron chi connectivity index (χ1n) is 6.76. The van der Waals surface area contributed by atoms with Gasteiger partial charge in [-0.05, 0) is 16.7 Å². The van der Waals surface area contributed by atoms with Crippen LogP contribution in [0.4, 0.5) is 0 Å². The summed E-state index contributed by atoms with van der Waals surface area (Å²) in [5, 5.41) is 0. The fourth-order valence-electron chi connectivity index (χ4n) is 1.95. The SMILES string of the molecule is COC(=O)[C@@H](N)COCc1ccc(-c2ccccc2)cc1. The van der Waals surface area contributed by atoms with Crippen LogP contribution < -0.4 is 5.73 Å². The van der Waals surface area contributed by atoms with Crippen LogP contribution in [0.2, 0.25) is 0 Å². The molecule has 0 aromatic heterocycles. The van der Waals surface area contributed by atoms with E-state index < -0.39 is 12.0 Å². The number of rotatable bonds is 6. The Morgan fingerprint density at radius 1 is 1.05 bits per heavy atom. The van der Waals surface area contributed by atoms with E-state index in [1.54, 1.807) is 0 Å². The number of nitrogens with two attached hydrogens (primary N) is 1. The lowest BCUT2D eigenvalue weighted by molar-refractivity contribution is -0.143. The van der Waals surface area contributed by atoms with E-state index in [0.717, 1.165) is 11.1 Å². The Hall–Kier alpha value is -2.17. The monoisotopic (exact) mass is 285 g/mol. The van der Waals surface area contributed by atoms with Gasteiger partial charge in [-0.1, -0.05) is 54.6 Å². The molecule has 4 nitrogen and oxygen atoms in total. The lowest BCUT2D eigenvalue weighted by Gasteiger charge is -2.10. The van der Waals surface area contributed by atoms with Gasteiger partial charge in [0.05, 0.1) is 20.3 Å². The number of esters is 1. The van der Waals surface area contributed by atoms with Crippen LogP contribution in [0.3, 0.4) is 0 Å². The van der Waals surface area contributed by atoms with Gasteiger partial charge in [0, 0.05) is 0 Å². The second kappa shape index (κ2) is 7.57. The summed E-state index contributed by atoms with van der Waals surface area (Å²) in [6.07, 6.45) is 0. The highest BCUT2D eigenvalue weighted by molar-refractivity contribution is 5.75. The molecule has 0 heterocycles. The van der Waals surface area contributed by atoms with Gasteiger partial charge in [0.25, 0.3) is 0 Å². The second-order valence-corrected chi connectivity index (χ2v) is 4.71. The van der Waals surface area contributed by atoms with Gasteiger partial charge in [0.15, 0.2) is 0 Å². The molecule has 2 aromatic carbocycles. The van der Waals surface area contributed by atoms with Crippen LogP contribution in [0.1, 0.15) is 5.56 Å². The van der Waals surface area contributed by atoms with Crippen LogP contribution >= 0.6 is 0 Å². The molecule has 2 aromatic rings. The molecule has 2 rings (SSSR count). The summed E-state index contributed by atoms with van der Waals surface area (Å²) in [7, 11) is 1.31. The minimum Gasteiger partial charge on any atom is -0.468 e. The fraction of sp³-hybridized carbons (Fsp3) is 0.235. The molecule has 0 aliphatic rings. The van der Waals surface area contributed by atoms with E-state index in [1.807, 2.05) is 42.5 Å². The summed E-state index contributed by atoms with van der Waals surface area (Å²) >= 11 is 0. The Balaban J connectivity index is 1.87. The van der Waals surface area contributed by atoms with Crippen LogP contribution in [-0.4, -0.2) is 25.7 Å². The van der Waals surface area contributed by atoms with Gasteiger partial charge in [-0.3, -0.25) is 4.79 Å². The third kappa shape index (κ3) is 4.41. The van der Waals surface area contributed by atoms with Crippen LogP contribution in [0, 0.1) is 0 Å². The Morgan fingerprint density at radius 3 is 2.29 bits per heavy atom. The summed E-state index contributed by atoms with van der Waals surface area (Å²) in [4.78, 5) is 11.1. The molecule has 1 atom stereocenters. The first-order chi connectivity index (χ1) is 10.2. The average Bonchev–Trinajstić information content (AvgIpc) is 2.55. The van der Waals surface area contributed by atoms with E-state index in [1.165, 1.54) is 12.7 Å². The summed E-state index contributed by atoms with van der Waals surface area (Å²) in [6.45, 7) is 0.562. The van der Waals surface area contributed by atoms with E-state index in [0.29, 0.717) is 6.61 Å². The number of carbonyl (C=O) groups excluding carboxylic acids is 1. The number of hydrogen-bond acceptors (Lipinski definition) is 4. The van der Waals surface area contributed by atoms with E-state index in [2.05, 4.69) is 16.9 Å². The van der Waals surface area contributed by atoms with Crippen molar-refractivity contribution in [2.24, 2.45) is 5.73 Å². The van der Waals surface area contributed by atoms with Gasteiger partial charge in [-0.15, -0.1) is 0 Å². The zero-order valence-corrected chi connectivity index (χ0v) is 12.0. The number of hydrogen-bond donors (Lipinski definition) is 1. The molecule has 2 N–H and O–H groups in total. The molecule has 0 saturated carbocycles. The molecule has 0 saturated heterocycles. The van der Waals surface area contributed by atoms with Crippen molar-refractivity contribution in [2.75, 3.05) is 13.7 Å². The number of methoxy groups -OCH3 is 1. The average molecular weight is 285 g/mol. The van der Waals surface area contributed by atoms with E-state index in [-0.39, 0.29) is 6.61 Å². The maximum Gasteiger partial charge on any atom is 0.325 e. The maximum atomic E-state index is 11.1. The fourth-order valence-corrected chi connectivity index (χ4v) is 1.95. The summed E-state index contributed by atoms with van der Waals surface area (Å²) in [6, 6.07) is 17.5. The standard InChI is InChI=1S/C17H19NO3/c1-20-17(19)16(18)12-21-11-13-7-9-15(10-8-13)14-5-3-2-4-6-14/h2-10,16H,11-12,18H2,1H3/t16-/m0/s1. The number of carbonyl (C=O) groups is 1. The Morgan fingerprint density at radius 2 is 1.67 bits per heavy atom. The van der Waals surface area contributed by atoms with E-state index in [4.69, 9.17) is 10.5 Å². The molecule has 0 bridgehead atoms. The highest BCUT2D eigenvalue weighted by atomic mass is 16.5. The van der Waals surface area contributed by atoms with Crippen molar-refractivity contribution >= 4 is 5.97 Å². The second-order valence-electron chi connectivity index (χ2n) is 4.71. The molecule has 0 aliphatic carbocycles. The smallest absolute Gasteiger partial charge is 0.325 e. The van der Waals surface area contributed by atoms with Gasteiger partial charge >= 0.3 is 5.97 Å². The van der Waals surface area contributed by atoms with Crippen molar-refractivity contribution in [1.29, 1.82) is 0 Å². The third-order valence-electron chi connectivity index (χ3n) is 3.13. The van der Waals surface area contributed by atoms with Crippen molar-refractivity contribution in [1.82, 2.24) is 0 Å². The largest absolute Gasteiger partial charge is 0.468 e.